The number of Topliss-reactive ketones (excluding diaryl/α,β-unsaturated/α-hetero) is 1. The van der Waals surface area contributed by atoms with E-state index in [1.165, 1.54) is 6.92 Å². The van der Waals surface area contributed by atoms with Crippen molar-refractivity contribution in [1.29, 1.82) is 0 Å². The van der Waals surface area contributed by atoms with Crippen LogP contribution in [0.3, 0.4) is 0 Å². The summed E-state index contributed by atoms with van der Waals surface area (Å²) in [5.74, 6) is -0.300. The van der Waals surface area contributed by atoms with E-state index >= 15 is 0 Å². The molecule has 0 bridgehead atoms. The maximum absolute atomic E-state index is 13.6. The largest absolute Gasteiger partial charge is 0.296 e. The van der Waals surface area contributed by atoms with Crippen LogP contribution in [0.25, 0.3) is 0 Å². The fraction of sp³-hybridized carbons (Fsp3) is 0.364. The molecule has 1 nitrogen and oxygen atoms in total. The van der Waals surface area contributed by atoms with E-state index in [1.54, 1.807) is 0 Å². The van der Waals surface area contributed by atoms with Gasteiger partial charge in [-0.15, -0.1) is 0 Å². The van der Waals surface area contributed by atoms with E-state index in [0.717, 1.165) is 11.1 Å². The molecule has 1 unspecified atom stereocenters. The molecule has 0 aromatic heterocycles. The molecule has 0 fully saturated rings. The van der Waals surface area contributed by atoms with Crippen LogP contribution in [0.1, 0.15) is 18.1 Å². The van der Waals surface area contributed by atoms with E-state index in [2.05, 4.69) is 0 Å². The van der Waals surface area contributed by atoms with Crippen LogP contribution >= 0.6 is 0 Å². The van der Waals surface area contributed by atoms with Gasteiger partial charge in [0.25, 0.3) is 0 Å². The zero-order valence-electron chi connectivity index (χ0n) is 7.51. The standard InChI is InChI=1S/C11H11FO/c1-11(12)7-9-5-3-2-4-8(9)6-10(11)13/h2-5H,6-7H2,1H3. The lowest BCUT2D eigenvalue weighted by Gasteiger charge is -2.25. The zero-order chi connectivity index (χ0) is 9.47. The van der Waals surface area contributed by atoms with Gasteiger partial charge in [0.05, 0.1) is 0 Å². The minimum Gasteiger partial charge on any atom is -0.296 e. The van der Waals surface area contributed by atoms with Gasteiger partial charge >= 0.3 is 0 Å². The Hall–Kier alpha value is -1.18. The Morgan fingerprint density at radius 3 is 2.62 bits per heavy atom. The Balaban J connectivity index is 2.44. The summed E-state index contributed by atoms with van der Waals surface area (Å²) in [6.45, 7) is 1.37. The van der Waals surface area contributed by atoms with Crippen LogP contribution in [0, 0.1) is 0 Å². The molecule has 1 aliphatic carbocycles. The molecule has 1 atom stereocenters. The van der Waals surface area contributed by atoms with Crippen LogP contribution in [0.4, 0.5) is 4.39 Å². The fourth-order valence-corrected chi connectivity index (χ4v) is 1.72. The normalized spacial score (nSPS) is 27.1. The van der Waals surface area contributed by atoms with Crippen molar-refractivity contribution in [1.82, 2.24) is 0 Å². The number of halogens is 1. The van der Waals surface area contributed by atoms with Gasteiger partial charge in [-0.3, -0.25) is 4.79 Å². The molecule has 0 aliphatic heterocycles. The molecular weight excluding hydrogens is 167 g/mol. The summed E-state index contributed by atoms with van der Waals surface area (Å²) in [6.07, 6.45) is 0.463. The van der Waals surface area contributed by atoms with Gasteiger partial charge in [0.15, 0.2) is 11.5 Å². The average molecular weight is 178 g/mol. The molecule has 0 saturated heterocycles. The smallest absolute Gasteiger partial charge is 0.174 e. The van der Waals surface area contributed by atoms with Gasteiger partial charge in [-0.2, -0.15) is 0 Å². The van der Waals surface area contributed by atoms with Crippen LogP contribution in [0.5, 0.6) is 0 Å². The second kappa shape index (κ2) is 2.66. The molecule has 2 heteroatoms. The second-order valence-electron chi connectivity index (χ2n) is 3.74. The van der Waals surface area contributed by atoms with Crippen LogP contribution in [-0.2, 0) is 17.6 Å². The summed E-state index contributed by atoms with van der Waals surface area (Å²) in [5, 5.41) is 0. The van der Waals surface area contributed by atoms with Crippen molar-refractivity contribution in [2.75, 3.05) is 0 Å². The van der Waals surface area contributed by atoms with Crippen LogP contribution in [-0.4, -0.2) is 11.5 Å². The number of alkyl halides is 1. The quantitative estimate of drug-likeness (QED) is 0.594. The SMILES string of the molecule is CC1(F)Cc2ccccc2CC1=O. The van der Waals surface area contributed by atoms with Gasteiger partial charge in [-0.1, -0.05) is 24.3 Å². The van der Waals surface area contributed by atoms with Crippen molar-refractivity contribution in [3.63, 3.8) is 0 Å². The van der Waals surface area contributed by atoms with Crippen LogP contribution in [0.2, 0.25) is 0 Å². The molecule has 0 amide bonds. The van der Waals surface area contributed by atoms with E-state index in [0.29, 0.717) is 0 Å². The van der Waals surface area contributed by atoms with Gasteiger partial charge in [0.2, 0.25) is 0 Å². The van der Waals surface area contributed by atoms with E-state index in [1.807, 2.05) is 24.3 Å². The summed E-state index contributed by atoms with van der Waals surface area (Å²) in [4.78, 5) is 11.3. The van der Waals surface area contributed by atoms with E-state index in [-0.39, 0.29) is 18.6 Å². The highest BCUT2D eigenvalue weighted by molar-refractivity contribution is 5.90. The third-order valence-corrected chi connectivity index (χ3v) is 2.57. The first-order chi connectivity index (χ1) is 6.09. The highest BCUT2D eigenvalue weighted by Gasteiger charge is 2.37. The summed E-state index contributed by atoms with van der Waals surface area (Å²) in [7, 11) is 0. The van der Waals surface area contributed by atoms with Gasteiger partial charge in [-0.25, -0.2) is 4.39 Å². The Morgan fingerprint density at radius 1 is 1.31 bits per heavy atom. The predicted molar refractivity (Wildman–Crippen MR) is 48.4 cm³/mol. The maximum atomic E-state index is 13.6. The molecule has 0 radical (unpaired) electrons. The second-order valence-corrected chi connectivity index (χ2v) is 3.74. The fourth-order valence-electron chi connectivity index (χ4n) is 1.72. The maximum Gasteiger partial charge on any atom is 0.174 e. The first kappa shape index (κ1) is 8.42. The van der Waals surface area contributed by atoms with Crippen molar-refractivity contribution < 1.29 is 9.18 Å². The molecule has 1 aromatic rings. The first-order valence-electron chi connectivity index (χ1n) is 4.38. The molecule has 0 saturated carbocycles. The van der Waals surface area contributed by atoms with Crippen molar-refractivity contribution in [2.45, 2.75) is 25.4 Å². The molecule has 0 N–H and O–H groups in total. The lowest BCUT2D eigenvalue weighted by atomic mass is 9.82. The lowest BCUT2D eigenvalue weighted by molar-refractivity contribution is -0.129. The Labute approximate surface area is 76.6 Å². The van der Waals surface area contributed by atoms with E-state index in [9.17, 15) is 9.18 Å². The predicted octanol–water partition coefficient (Wildman–Crippen LogP) is 2.08. The van der Waals surface area contributed by atoms with Crippen LogP contribution in [0.15, 0.2) is 24.3 Å². The number of hydrogen-bond donors (Lipinski definition) is 0. The monoisotopic (exact) mass is 178 g/mol. The summed E-state index contributed by atoms with van der Waals surface area (Å²) in [6, 6.07) is 7.54. The van der Waals surface area contributed by atoms with Crippen molar-refractivity contribution in [3.8, 4) is 0 Å². The van der Waals surface area contributed by atoms with E-state index < -0.39 is 5.67 Å². The minimum atomic E-state index is -1.66. The van der Waals surface area contributed by atoms with Gasteiger partial charge in [0.1, 0.15) is 0 Å². The summed E-state index contributed by atoms with van der Waals surface area (Å²) < 4.78 is 13.6. The topological polar surface area (TPSA) is 17.1 Å². The zero-order valence-corrected chi connectivity index (χ0v) is 7.51. The molecule has 1 aliphatic rings. The molecule has 13 heavy (non-hydrogen) atoms. The van der Waals surface area contributed by atoms with Gasteiger partial charge in [-0.05, 0) is 18.1 Å². The minimum absolute atomic E-state index is 0.224. The van der Waals surface area contributed by atoms with Crippen LogP contribution < -0.4 is 0 Å². The third-order valence-electron chi connectivity index (χ3n) is 2.57. The number of carbonyl (C=O) groups excluding carboxylic acids is 1. The Morgan fingerprint density at radius 2 is 1.92 bits per heavy atom. The first-order valence-corrected chi connectivity index (χ1v) is 4.38. The molecule has 68 valence electrons. The summed E-state index contributed by atoms with van der Waals surface area (Å²) in [5.41, 5.74) is 0.281. The number of rotatable bonds is 0. The van der Waals surface area contributed by atoms with E-state index in [4.69, 9.17) is 0 Å². The molecule has 1 aromatic carbocycles. The van der Waals surface area contributed by atoms with Crippen molar-refractivity contribution in [3.05, 3.63) is 35.4 Å². The number of ketones is 1. The summed E-state index contributed by atoms with van der Waals surface area (Å²) >= 11 is 0. The highest BCUT2D eigenvalue weighted by Crippen LogP contribution is 2.28. The number of fused-ring (bicyclic) bond motifs is 1. The Bertz CT molecular complexity index is 355. The average Bonchev–Trinajstić information content (AvgIpc) is 2.06. The molecular formula is C11H11FO. The van der Waals surface area contributed by atoms with Gasteiger partial charge in [0, 0.05) is 12.8 Å². The van der Waals surface area contributed by atoms with Crippen molar-refractivity contribution >= 4 is 5.78 Å². The Kier molecular flexibility index (Phi) is 1.72. The molecule has 2 rings (SSSR count). The number of carbonyl (C=O) groups is 1. The third kappa shape index (κ3) is 1.37. The number of benzene rings is 1. The highest BCUT2D eigenvalue weighted by atomic mass is 19.1. The number of hydrogen-bond acceptors (Lipinski definition) is 1. The van der Waals surface area contributed by atoms with Crippen molar-refractivity contribution in [2.24, 2.45) is 0 Å². The molecule has 0 spiro atoms. The lowest BCUT2D eigenvalue weighted by Crippen LogP contribution is -2.38. The van der Waals surface area contributed by atoms with Gasteiger partial charge < -0.3 is 0 Å². The molecule has 0 heterocycles.